The minimum Gasteiger partial charge on any atom is -0.855 e. The Bertz CT molecular complexity index is 434. The number of rotatable bonds is 0. The zero-order valence-corrected chi connectivity index (χ0v) is 15.3. The molecule has 2 aromatic carbocycles. The van der Waals surface area contributed by atoms with E-state index in [1.807, 2.05) is 0 Å². The standard InChI is InChI=1S/C11H11.3C2H5O.Ti/c1-8-6-7-10-4-3-5-11(10)9(8)2;3*1-2-3;/h3-7H,1-2H3;3*2H2,1H3;/q4*-1;+4. The van der Waals surface area contributed by atoms with Crippen molar-refractivity contribution in [3.63, 3.8) is 0 Å². The van der Waals surface area contributed by atoms with Crippen LogP contribution < -0.4 is 15.3 Å². The molecule has 0 bridgehead atoms. The summed E-state index contributed by atoms with van der Waals surface area (Å²) in [6.45, 7) is 9.04. The van der Waals surface area contributed by atoms with Crippen LogP contribution in [-0.4, -0.2) is 19.8 Å². The molecule has 3 nitrogen and oxygen atoms in total. The summed E-state index contributed by atoms with van der Waals surface area (Å²) in [6.07, 6.45) is 0. The number of aryl methyl sites for hydroxylation is 2. The molecule has 2 rings (SSSR count). The van der Waals surface area contributed by atoms with Gasteiger partial charge in [-0.3, -0.25) is 0 Å². The maximum absolute atomic E-state index is 8.93. The maximum Gasteiger partial charge on any atom is 4.00 e. The van der Waals surface area contributed by atoms with Gasteiger partial charge in [0.15, 0.2) is 0 Å². The molecule has 0 atom stereocenters. The zero-order chi connectivity index (χ0) is 16.0. The molecule has 0 aliphatic heterocycles. The van der Waals surface area contributed by atoms with Crippen molar-refractivity contribution >= 4 is 10.8 Å². The Hall–Kier alpha value is -0.576. The molecular weight excluding hydrogens is 300 g/mol. The van der Waals surface area contributed by atoms with Crippen LogP contribution in [0, 0.1) is 13.8 Å². The fourth-order valence-electron chi connectivity index (χ4n) is 1.47. The van der Waals surface area contributed by atoms with E-state index in [1.54, 1.807) is 20.8 Å². The smallest absolute Gasteiger partial charge is 0.855 e. The van der Waals surface area contributed by atoms with Crippen LogP contribution in [0.25, 0.3) is 10.8 Å². The summed E-state index contributed by atoms with van der Waals surface area (Å²) in [5, 5.41) is 29.5. The fourth-order valence-corrected chi connectivity index (χ4v) is 1.47. The second-order valence-electron chi connectivity index (χ2n) is 3.90. The van der Waals surface area contributed by atoms with E-state index in [-0.39, 0.29) is 41.5 Å². The second-order valence-corrected chi connectivity index (χ2v) is 3.90. The van der Waals surface area contributed by atoms with Crippen molar-refractivity contribution in [1.29, 1.82) is 0 Å². The predicted octanol–water partition coefficient (Wildman–Crippen LogP) is 1.27. The number of hydrogen-bond donors (Lipinski definition) is 0. The third-order valence-corrected chi connectivity index (χ3v) is 2.36. The van der Waals surface area contributed by atoms with Gasteiger partial charge in [0.2, 0.25) is 0 Å². The molecular formula is C17H26O3Ti. The SMILES string of the molecule is CC[O-].CC[O-].CC[O-].Cc1ccc2[cH-]ccc2c1C.[Ti+4]. The van der Waals surface area contributed by atoms with Crippen molar-refractivity contribution in [2.45, 2.75) is 34.6 Å². The maximum atomic E-state index is 8.93. The monoisotopic (exact) mass is 326 g/mol. The fraction of sp³-hybridized carbons (Fsp3) is 0.471. The molecule has 0 unspecified atom stereocenters. The molecule has 0 fully saturated rings. The van der Waals surface area contributed by atoms with Crippen LogP contribution >= 0.6 is 0 Å². The van der Waals surface area contributed by atoms with E-state index in [1.165, 1.54) is 21.9 Å². The first-order valence-electron chi connectivity index (χ1n) is 6.89. The van der Waals surface area contributed by atoms with Gasteiger partial charge in [-0.15, -0.1) is 48.8 Å². The summed E-state index contributed by atoms with van der Waals surface area (Å²) in [7, 11) is 0. The van der Waals surface area contributed by atoms with Crippen molar-refractivity contribution in [2.75, 3.05) is 19.8 Å². The summed E-state index contributed by atoms with van der Waals surface area (Å²) in [4.78, 5) is 0. The van der Waals surface area contributed by atoms with Crippen LogP contribution in [0.3, 0.4) is 0 Å². The van der Waals surface area contributed by atoms with Gasteiger partial charge in [0.25, 0.3) is 0 Å². The van der Waals surface area contributed by atoms with Gasteiger partial charge in [0.1, 0.15) is 0 Å². The largest absolute Gasteiger partial charge is 4.00 e. The summed E-state index contributed by atoms with van der Waals surface area (Å²) < 4.78 is 0. The minimum atomic E-state index is 0. The Kier molecular flexibility index (Phi) is 21.1. The van der Waals surface area contributed by atoms with E-state index in [0.717, 1.165) is 0 Å². The van der Waals surface area contributed by atoms with Gasteiger partial charge in [-0.25, -0.2) is 0 Å². The van der Waals surface area contributed by atoms with Crippen LogP contribution in [0.4, 0.5) is 0 Å². The Morgan fingerprint density at radius 3 is 1.71 bits per heavy atom. The van der Waals surface area contributed by atoms with E-state index in [4.69, 9.17) is 15.3 Å². The molecule has 0 spiro atoms. The van der Waals surface area contributed by atoms with Crippen molar-refractivity contribution in [3.8, 4) is 0 Å². The normalized spacial score (nSPS) is 8.19. The minimum absolute atomic E-state index is 0. The topological polar surface area (TPSA) is 69.2 Å². The molecule has 0 radical (unpaired) electrons. The first-order valence-corrected chi connectivity index (χ1v) is 6.89. The van der Waals surface area contributed by atoms with E-state index in [9.17, 15) is 0 Å². The Morgan fingerprint density at radius 2 is 1.29 bits per heavy atom. The molecule has 0 aromatic heterocycles. The van der Waals surface area contributed by atoms with Crippen molar-refractivity contribution < 1.29 is 37.0 Å². The summed E-state index contributed by atoms with van der Waals surface area (Å²) in [5.41, 5.74) is 2.79. The number of fused-ring (bicyclic) bond motifs is 1. The third-order valence-electron chi connectivity index (χ3n) is 2.36. The van der Waals surface area contributed by atoms with E-state index in [2.05, 4.69) is 44.2 Å². The van der Waals surface area contributed by atoms with Crippen LogP contribution in [0.2, 0.25) is 0 Å². The Balaban J connectivity index is -0.000000276. The molecule has 0 saturated carbocycles. The molecule has 116 valence electrons. The zero-order valence-electron chi connectivity index (χ0n) is 13.7. The van der Waals surface area contributed by atoms with E-state index >= 15 is 0 Å². The van der Waals surface area contributed by atoms with Crippen LogP contribution in [0.5, 0.6) is 0 Å². The number of benzene rings is 1. The van der Waals surface area contributed by atoms with Gasteiger partial charge in [-0.2, -0.15) is 12.1 Å². The van der Waals surface area contributed by atoms with Crippen molar-refractivity contribution in [1.82, 2.24) is 0 Å². The van der Waals surface area contributed by atoms with Crippen LogP contribution in [-0.2, 0) is 21.7 Å². The first kappa shape index (κ1) is 25.4. The molecule has 2 aromatic rings. The van der Waals surface area contributed by atoms with Gasteiger partial charge in [0, 0.05) is 0 Å². The van der Waals surface area contributed by atoms with Crippen molar-refractivity contribution in [2.24, 2.45) is 0 Å². The summed E-state index contributed by atoms with van der Waals surface area (Å²) in [5.74, 6) is 0. The first-order chi connectivity index (χ1) is 9.53. The van der Waals surface area contributed by atoms with Gasteiger partial charge in [-0.05, 0) is 13.8 Å². The number of hydrogen-bond acceptors (Lipinski definition) is 3. The third kappa shape index (κ3) is 11.7. The van der Waals surface area contributed by atoms with Gasteiger partial charge >= 0.3 is 21.7 Å². The molecule has 21 heavy (non-hydrogen) atoms. The van der Waals surface area contributed by atoms with E-state index < -0.39 is 0 Å². The van der Waals surface area contributed by atoms with Gasteiger partial charge < -0.3 is 15.3 Å². The van der Waals surface area contributed by atoms with Crippen LogP contribution in [0.1, 0.15) is 31.9 Å². The molecule has 0 aliphatic carbocycles. The quantitative estimate of drug-likeness (QED) is 0.541. The molecule has 0 amide bonds. The Morgan fingerprint density at radius 1 is 0.857 bits per heavy atom. The Labute approximate surface area is 143 Å². The predicted molar refractivity (Wildman–Crippen MR) is 80.6 cm³/mol. The average Bonchev–Trinajstić information content (AvgIpc) is 2.86. The summed E-state index contributed by atoms with van der Waals surface area (Å²) >= 11 is 0. The summed E-state index contributed by atoms with van der Waals surface area (Å²) in [6, 6.07) is 10.8. The molecule has 0 heterocycles. The average molecular weight is 326 g/mol. The van der Waals surface area contributed by atoms with Crippen molar-refractivity contribution in [3.05, 3.63) is 41.5 Å². The second kappa shape index (κ2) is 17.5. The van der Waals surface area contributed by atoms with E-state index in [0.29, 0.717) is 0 Å². The van der Waals surface area contributed by atoms with Crippen LogP contribution in [0.15, 0.2) is 30.3 Å². The van der Waals surface area contributed by atoms with Gasteiger partial charge in [0.05, 0.1) is 0 Å². The molecule has 0 saturated heterocycles. The molecule has 4 heteroatoms. The van der Waals surface area contributed by atoms with Gasteiger partial charge in [-0.1, -0.05) is 31.9 Å². The molecule has 0 aliphatic rings. The molecule has 0 N–H and O–H groups in total.